The van der Waals surface area contributed by atoms with Crippen LogP contribution in [-0.2, 0) is 11.0 Å². The summed E-state index contributed by atoms with van der Waals surface area (Å²) in [5.41, 5.74) is -0.552. The number of hydrogen-bond donors (Lipinski definition) is 0. The van der Waals surface area contributed by atoms with E-state index in [-0.39, 0.29) is 16.4 Å². The average Bonchev–Trinajstić information content (AvgIpc) is 2.36. The van der Waals surface area contributed by atoms with Crippen molar-refractivity contribution in [3.63, 3.8) is 0 Å². The SMILES string of the molecule is COc1cc(C#CCCSC(C)=O)cc(C(F)(F)F)c1. The maximum atomic E-state index is 12.7. The maximum absolute atomic E-state index is 12.7. The Kier molecular flexibility index (Phi) is 5.96. The van der Waals surface area contributed by atoms with Crippen LogP contribution in [0.5, 0.6) is 5.75 Å². The second-order valence-electron chi connectivity index (χ2n) is 3.84. The Labute approximate surface area is 119 Å². The molecular weight excluding hydrogens is 289 g/mol. The van der Waals surface area contributed by atoms with Gasteiger partial charge in [-0.1, -0.05) is 23.6 Å². The number of carbonyl (C=O) groups is 1. The van der Waals surface area contributed by atoms with Gasteiger partial charge in [-0.25, -0.2) is 0 Å². The molecule has 6 heteroatoms. The standard InChI is InChI=1S/C14H13F3O2S/c1-10(18)20-6-4-3-5-11-7-12(14(15,16)17)9-13(8-11)19-2/h7-9H,4,6H2,1-2H3. The van der Waals surface area contributed by atoms with E-state index in [1.165, 1.54) is 20.1 Å². The molecular formula is C14H13F3O2S. The molecule has 0 aliphatic rings. The van der Waals surface area contributed by atoms with Gasteiger partial charge >= 0.3 is 6.18 Å². The molecule has 0 spiro atoms. The van der Waals surface area contributed by atoms with Crippen molar-refractivity contribution in [1.29, 1.82) is 0 Å². The molecule has 0 heterocycles. The van der Waals surface area contributed by atoms with Crippen molar-refractivity contribution in [1.82, 2.24) is 0 Å². The van der Waals surface area contributed by atoms with E-state index in [1.807, 2.05) is 0 Å². The second kappa shape index (κ2) is 7.25. The molecule has 1 aromatic rings. The van der Waals surface area contributed by atoms with Gasteiger partial charge in [0.25, 0.3) is 0 Å². The summed E-state index contributed by atoms with van der Waals surface area (Å²) in [6.07, 6.45) is -4.00. The summed E-state index contributed by atoms with van der Waals surface area (Å²) in [5.74, 6) is 6.03. The van der Waals surface area contributed by atoms with E-state index in [1.54, 1.807) is 0 Å². The number of methoxy groups -OCH3 is 1. The van der Waals surface area contributed by atoms with Crippen LogP contribution in [0.25, 0.3) is 0 Å². The van der Waals surface area contributed by atoms with Crippen molar-refractivity contribution in [2.45, 2.75) is 19.5 Å². The van der Waals surface area contributed by atoms with Gasteiger partial charge in [-0.05, 0) is 18.2 Å². The van der Waals surface area contributed by atoms with Gasteiger partial charge in [-0.3, -0.25) is 4.79 Å². The van der Waals surface area contributed by atoms with Gasteiger partial charge < -0.3 is 4.74 Å². The summed E-state index contributed by atoms with van der Waals surface area (Å²) < 4.78 is 42.8. The highest BCUT2D eigenvalue weighted by atomic mass is 32.2. The van der Waals surface area contributed by atoms with Crippen LogP contribution in [0.3, 0.4) is 0 Å². The number of halogens is 3. The monoisotopic (exact) mass is 302 g/mol. The summed E-state index contributed by atoms with van der Waals surface area (Å²) in [6, 6.07) is 3.35. The first-order chi connectivity index (χ1) is 9.32. The van der Waals surface area contributed by atoms with Gasteiger partial charge in [0, 0.05) is 24.7 Å². The molecule has 0 saturated carbocycles. The smallest absolute Gasteiger partial charge is 0.416 e. The number of alkyl halides is 3. The Balaban J connectivity index is 2.84. The van der Waals surface area contributed by atoms with Crippen molar-refractivity contribution in [2.24, 2.45) is 0 Å². The summed E-state index contributed by atoms with van der Waals surface area (Å²) in [7, 11) is 1.30. The molecule has 0 aliphatic heterocycles. The topological polar surface area (TPSA) is 26.3 Å². The largest absolute Gasteiger partial charge is 0.497 e. The molecule has 0 amide bonds. The third-order valence-electron chi connectivity index (χ3n) is 2.23. The lowest BCUT2D eigenvalue weighted by Gasteiger charge is -2.09. The molecule has 0 aromatic heterocycles. The normalized spacial score (nSPS) is 10.7. The van der Waals surface area contributed by atoms with Crippen molar-refractivity contribution >= 4 is 16.9 Å². The third kappa shape index (κ3) is 5.57. The van der Waals surface area contributed by atoms with E-state index in [4.69, 9.17) is 4.74 Å². The van der Waals surface area contributed by atoms with Crippen molar-refractivity contribution in [3.05, 3.63) is 29.3 Å². The first-order valence-corrected chi connectivity index (χ1v) is 6.70. The van der Waals surface area contributed by atoms with Crippen molar-refractivity contribution < 1.29 is 22.7 Å². The number of hydrogen-bond acceptors (Lipinski definition) is 3. The Bertz CT molecular complexity index is 542. The van der Waals surface area contributed by atoms with Gasteiger partial charge in [-0.15, -0.1) is 0 Å². The van der Waals surface area contributed by atoms with Gasteiger partial charge in [0.05, 0.1) is 12.7 Å². The summed E-state index contributed by atoms with van der Waals surface area (Å²) >= 11 is 1.14. The number of benzene rings is 1. The minimum absolute atomic E-state index is 0.00691. The zero-order valence-corrected chi connectivity index (χ0v) is 11.8. The molecule has 0 atom stereocenters. The van der Waals surface area contributed by atoms with Crippen LogP contribution in [0.1, 0.15) is 24.5 Å². The predicted molar refractivity (Wildman–Crippen MR) is 72.6 cm³/mol. The number of ether oxygens (including phenoxy) is 1. The molecule has 0 unspecified atom stereocenters. The van der Waals surface area contributed by atoms with E-state index >= 15 is 0 Å². The van der Waals surface area contributed by atoms with Gasteiger partial charge in [0.1, 0.15) is 5.75 Å². The molecule has 0 N–H and O–H groups in total. The summed E-state index contributed by atoms with van der Waals surface area (Å²) in [6.45, 7) is 1.45. The highest BCUT2D eigenvalue weighted by Gasteiger charge is 2.31. The first-order valence-electron chi connectivity index (χ1n) is 5.71. The van der Waals surface area contributed by atoms with E-state index in [0.717, 1.165) is 23.9 Å². The fourth-order valence-electron chi connectivity index (χ4n) is 1.36. The lowest BCUT2D eigenvalue weighted by Crippen LogP contribution is -2.05. The van der Waals surface area contributed by atoms with Crippen molar-refractivity contribution in [2.75, 3.05) is 12.9 Å². The van der Waals surface area contributed by atoms with Crippen LogP contribution >= 0.6 is 11.8 Å². The summed E-state index contributed by atoms with van der Waals surface area (Å²) in [5, 5.41) is -0.00691. The van der Waals surface area contributed by atoms with Gasteiger partial charge in [0.2, 0.25) is 0 Å². The molecule has 0 radical (unpaired) electrons. The molecule has 20 heavy (non-hydrogen) atoms. The molecule has 0 bridgehead atoms. The van der Waals surface area contributed by atoms with E-state index in [0.29, 0.717) is 12.2 Å². The first kappa shape index (κ1) is 16.4. The zero-order valence-electron chi connectivity index (χ0n) is 11.0. The fraction of sp³-hybridized carbons (Fsp3) is 0.357. The molecule has 1 aromatic carbocycles. The predicted octanol–water partition coefficient (Wildman–Crippen LogP) is 3.74. The van der Waals surface area contributed by atoms with Crippen molar-refractivity contribution in [3.8, 4) is 17.6 Å². The average molecular weight is 302 g/mol. The minimum atomic E-state index is -4.44. The van der Waals surface area contributed by atoms with Crippen LogP contribution in [0.15, 0.2) is 18.2 Å². The zero-order chi connectivity index (χ0) is 15.2. The van der Waals surface area contributed by atoms with E-state index < -0.39 is 11.7 Å². The Morgan fingerprint density at radius 3 is 2.60 bits per heavy atom. The Morgan fingerprint density at radius 2 is 2.05 bits per heavy atom. The number of rotatable bonds is 3. The second-order valence-corrected chi connectivity index (χ2v) is 5.11. The number of thioether (sulfide) groups is 1. The van der Waals surface area contributed by atoms with Crippen LogP contribution in [0.4, 0.5) is 13.2 Å². The minimum Gasteiger partial charge on any atom is -0.497 e. The Hall–Kier alpha value is -1.61. The lowest BCUT2D eigenvalue weighted by atomic mass is 10.1. The molecule has 0 saturated heterocycles. The van der Waals surface area contributed by atoms with E-state index in [9.17, 15) is 18.0 Å². The summed E-state index contributed by atoms with van der Waals surface area (Å²) in [4.78, 5) is 10.7. The Morgan fingerprint density at radius 1 is 1.35 bits per heavy atom. The van der Waals surface area contributed by atoms with E-state index in [2.05, 4.69) is 11.8 Å². The van der Waals surface area contributed by atoms with Crippen LogP contribution in [-0.4, -0.2) is 18.0 Å². The highest BCUT2D eigenvalue weighted by molar-refractivity contribution is 8.13. The lowest BCUT2D eigenvalue weighted by molar-refractivity contribution is -0.137. The highest BCUT2D eigenvalue weighted by Crippen LogP contribution is 2.32. The number of carbonyl (C=O) groups excluding carboxylic acids is 1. The van der Waals surface area contributed by atoms with Gasteiger partial charge in [0.15, 0.2) is 5.12 Å². The molecule has 1 rings (SSSR count). The van der Waals surface area contributed by atoms with Gasteiger partial charge in [-0.2, -0.15) is 13.2 Å². The fourth-order valence-corrected chi connectivity index (χ4v) is 1.85. The van der Waals surface area contributed by atoms with Crippen LogP contribution in [0.2, 0.25) is 0 Å². The molecule has 0 fully saturated rings. The molecule has 2 nitrogen and oxygen atoms in total. The quantitative estimate of drug-likeness (QED) is 0.628. The maximum Gasteiger partial charge on any atom is 0.416 e. The molecule has 0 aliphatic carbocycles. The van der Waals surface area contributed by atoms with Crippen LogP contribution < -0.4 is 4.74 Å². The third-order valence-corrected chi connectivity index (χ3v) is 3.05. The molecule has 108 valence electrons. The van der Waals surface area contributed by atoms with Crippen LogP contribution in [0, 0.1) is 11.8 Å².